The van der Waals surface area contributed by atoms with Crippen LogP contribution in [-0.4, -0.2) is 22.8 Å². The highest BCUT2D eigenvalue weighted by Gasteiger charge is 2.63. The minimum absolute atomic E-state index is 0.0462. The van der Waals surface area contributed by atoms with Gasteiger partial charge in [-0.1, -0.05) is 52.7 Å². The lowest BCUT2D eigenvalue weighted by Crippen LogP contribution is -2.55. The van der Waals surface area contributed by atoms with Crippen LogP contribution in [-0.2, 0) is 0 Å². The highest BCUT2D eigenvalue weighted by molar-refractivity contribution is 5.38. The maximum Gasteiger partial charge on any atom is 0.0594 e. The van der Waals surface area contributed by atoms with Crippen molar-refractivity contribution in [3.63, 3.8) is 0 Å². The van der Waals surface area contributed by atoms with E-state index in [0.717, 1.165) is 24.3 Å². The summed E-state index contributed by atoms with van der Waals surface area (Å²) >= 11 is 0. The van der Waals surface area contributed by atoms with E-state index in [4.69, 9.17) is 0 Å². The second kappa shape index (κ2) is 7.09. The van der Waals surface area contributed by atoms with Crippen molar-refractivity contribution in [2.24, 2.45) is 39.4 Å². The van der Waals surface area contributed by atoms with Gasteiger partial charge in [-0.25, -0.2) is 0 Å². The summed E-state index contributed by atoms with van der Waals surface area (Å²) in [5, 5.41) is 14.5. The third kappa shape index (κ3) is 3.03. The molecular formula is C30H51NO. The fourth-order valence-electron chi connectivity index (χ4n) is 10.1. The van der Waals surface area contributed by atoms with Crippen LogP contribution in [0.1, 0.15) is 120 Å². The first-order valence-electron chi connectivity index (χ1n) is 14.0. The van der Waals surface area contributed by atoms with Gasteiger partial charge < -0.3 is 10.4 Å². The van der Waals surface area contributed by atoms with Crippen LogP contribution in [0.2, 0.25) is 0 Å². The van der Waals surface area contributed by atoms with Crippen LogP contribution in [0.3, 0.4) is 0 Å². The summed E-state index contributed by atoms with van der Waals surface area (Å²) in [6, 6.07) is 0.742. The van der Waals surface area contributed by atoms with E-state index in [0.29, 0.717) is 27.7 Å². The molecule has 8 atom stereocenters. The number of fused-ring (bicyclic) bond motifs is 4. The van der Waals surface area contributed by atoms with Crippen molar-refractivity contribution in [2.45, 2.75) is 137 Å². The molecule has 2 heteroatoms. The van der Waals surface area contributed by atoms with E-state index in [-0.39, 0.29) is 11.5 Å². The summed E-state index contributed by atoms with van der Waals surface area (Å²) in [5.74, 6) is 2.34. The number of allylic oxidation sites excluding steroid dienone is 2. The first-order valence-corrected chi connectivity index (χ1v) is 14.0. The van der Waals surface area contributed by atoms with Gasteiger partial charge in [0.05, 0.1) is 6.10 Å². The summed E-state index contributed by atoms with van der Waals surface area (Å²) in [7, 11) is 0. The van der Waals surface area contributed by atoms with E-state index in [1.165, 1.54) is 57.8 Å². The molecule has 2 nitrogen and oxygen atoms in total. The number of hydrogen-bond donors (Lipinski definition) is 2. The molecule has 182 valence electrons. The van der Waals surface area contributed by atoms with Crippen molar-refractivity contribution in [3.8, 4) is 0 Å². The van der Waals surface area contributed by atoms with Gasteiger partial charge in [-0.15, -0.1) is 0 Å². The Morgan fingerprint density at radius 1 is 0.906 bits per heavy atom. The maximum absolute atomic E-state index is 10.8. The molecule has 3 fully saturated rings. The first-order chi connectivity index (χ1) is 14.8. The molecule has 5 rings (SSSR count). The van der Waals surface area contributed by atoms with Crippen molar-refractivity contribution >= 4 is 0 Å². The summed E-state index contributed by atoms with van der Waals surface area (Å²) in [6.45, 7) is 19.9. The number of aliphatic hydroxyl groups is 1. The molecule has 0 aromatic rings. The molecule has 2 N–H and O–H groups in total. The van der Waals surface area contributed by atoms with E-state index >= 15 is 0 Å². The Balaban J connectivity index is 1.41. The van der Waals surface area contributed by atoms with Crippen molar-refractivity contribution in [1.82, 2.24) is 5.32 Å². The predicted octanol–water partition coefficient (Wildman–Crippen LogP) is 7.26. The summed E-state index contributed by atoms with van der Waals surface area (Å²) in [4.78, 5) is 0. The van der Waals surface area contributed by atoms with Crippen LogP contribution >= 0.6 is 0 Å². The lowest BCUT2D eigenvalue weighted by atomic mass is 9.43. The maximum atomic E-state index is 10.8. The van der Waals surface area contributed by atoms with E-state index in [9.17, 15) is 5.11 Å². The largest absolute Gasteiger partial charge is 0.393 e. The van der Waals surface area contributed by atoms with E-state index < -0.39 is 0 Å². The van der Waals surface area contributed by atoms with Crippen molar-refractivity contribution in [1.29, 1.82) is 0 Å². The molecule has 2 saturated carbocycles. The molecular weight excluding hydrogens is 390 g/mol. The van der Waals surface area contributed by atoms with Gasteiger partial charge in [-0.3, -0.25) is 0 Å². The Morgan fingerprint density at radius 2 is 1.59 bits per heavy atom. The monoisotopic (exact) mass is 441 g/mol. The molecule has 1 heterocycles. The lowest BCUT2D eigenvalue weighted by molar-refractivity contribution is -0.0962. The predicted molar refractivity (Wildman–Crippen MR) is 134 cm³/mol. The SMILES string of the molecule is CC(CCC1NC1(C)C)[C@H]1CC[C@@]2(C)C3=C(CC[C@]12C)[C@@]1(C)CC[C@H](O)C(C)(C)C1CC3. The Kier molecular flexibility index (Phi) is 5.19. The normalized spacial score (nSPS) is 49.8. The molecule has 0 spiro atoms. The number of rotatable bonds is 4. The van der Waals surface area contributed by atoms with Gasteiger partial charge in [0, 0.05) is 11.6 Å². The third-order valence-electron chi connectivity index (χ3n) is 12.7. The minimum atomic E-state index is -0.130. The molecule has 5 aliphatic rings. The summed E-state index contributed by atoms with van der Waals surface area (Å²) < 4.78 is 0. The average Bonchev–Trinajstić information content (AvgIpc) is 3.22. The Bertz CT molecular complexity index is 810. The van der Waals surface area contributed by atoms with Gasteiger partial charge in [0.1, 0.15) is 0 Å². The lowest BCUT2D eigenvalue weighted by Gasteiger charge is -2.62. The molecule has 1 saturated heterocycles. The fourth-order valence-corrected chi connectivity index (χ4v) is 10.1. The Hall–Kier alpha value is -0.340. The zero-order valence-electron chi connectivity index (χ0n) is 22.4. The molecule has 0 bridgehead atoms. The van der Waals surface area contributed by atoms with Gasteiger partial charge in [-0.2, -0.15) is 0 Å². The highest BCUT2D eigenvalue weighted by Crippen LogP contribution is 2.72. The fraction of sp³-hybridized carbons (Fsp3) is 0.933. The zero-order valence-corrected chi connectivity index (χ0v) is 22.4. The van der Waals surface area contributed by atoms with Crippen molar-refractivity contribution in [2.75, 3.05) is 0 Å². The van der Waals surface area contributed by atoms with Gasteiger partial charge in [0.15, 0.2) is 0 Å². The summed E-state index contributed by atoms with van der Waals surface area (Å²) in [6.07, 6.45) is 12.9. The molecule has 3 unspecified atom stereocenters. The van der Waals surface area contributed by atoms with Crippen LogP contribution in [0.4, 0.5) is 0 Å². The van der Waals surface area contributed by atoms with E-state index in [2.05, 4.69) is 60.7 Å². The molecule has 32 heavy (non-hydrogen) atoms. The number of hydrogen-bond acceptors (Lipinski definition) is 2. The van der Waals surface area contributed by atoms with Crippen LogP contribution < -0.4 is 5.32 Å². The van der Waals surface area contributed by atoms with Crippen LogP contribution in [0.5, 0.6) is 0 Å². The van der Waals surface area contributed by atoms with Gasteiger partial charge in [-0.05, 0) is 117 Å². The van der Waals surface area contributed by atoms with Crippen LogP contribution in [0, 0.1) is 39.4 Å². The zero-order chi connectivity index (χ0) is 23.3. The summed E-state index contributed by atoms with van der Waals surface area (Å²) in [5.41, 5.74) is 5.34. The van der Waals surface area contributed by atoms with Crippen molar-refractivity contribution < 1.29 is 5.11 Å². The smallest absolute Gasteiger partial charge is 0.0594 e. The first kappa shape index (κ1) is 23.4. The Labute approximate surface area is 198 Å². The second-order valence-corrected chi connectivity index (χ2v) is 14.7. The van der Waals surface area contributed by atoms with E-state index in [1.54, 1.807) is 0 Å². The number of nitrogens with one attached hydrogen (secondary N) is 1. The van der Waals surface area contributed by atoms with Crippen LogP contribution in [0.25, 0.3) is 0 Å². The highest BCUT2D eigenvalue weighted by atomic mass is 16.3. The third-order valence-corrected chi connectivity index (χ3v) is 12.7. The van der Waals surface area contributed by atoms with Gasteiger partial charge in [0.25, 0.3) is 0 Å². The van der Waals surface area contributed by atoms with Crippen molar-refractivity contribution in [3.05, 3.63) is 11.1 Å². The second-order valence-electron chi connectivity index (χ2n) is 14.7. The van der Waals surface area contributed by atoms with E-state index in [1.807, 2.05) is 11.1 Å². The van der Waals surface area contributed by atoms with Gasteiger partial charge >= 0.3 is 0 Å². The molecule has 1 aliphatic heterocycles. The quantitative estimate of drug-likeness (QED) is 0.356. The Morgan fingerprint density at radius 3 is 2.25 bits per heavy atom. The number of aliphatic hydroxyl groups excluding tert-OH is 1. The van der Waals surface area contributed by atoms with Gasteiger partial charge in [0.2, 0.25) is 0 Å². The molecule has 0 aromatic heterocycles. The molecule has 4 aliphatic carbocycles. The molecule has 0 radical (unpaired) electrons. The standard InChI is InChI=1S/C30H51NO/c1-19(9-12-24-27(4,5)31-24)20-13-17-30(8)22-10-11-23-26(2,3)25(32)15-16-28(23,6)21(22)14-18-29(20,30)7/h19-20,23-25,31-32H,9-18H2,1-8H3/t19?,20-,23?,24?,25+,28-,29-,30+/m1/s1. The molecule has 0 amide bonds. The topological polar surface area (TPSA) is 42.2 Å². The van der Waals surface area contributed by atoms with Crippen LogP contribution in [0.15, 0.2) is 11.1 Å². The average molecular weight is 442 g/mol. The molecule has 0 aromatic carbocycles. The minimum Gasteiger partial charge on any atom is -0.393 e.